The third-order valence-electron chi connectivity index (χ3n) is 6.97. The van der Waals surface area contributed by atoms with Gasteiger partial charge in [-0.2, -0.15) is 39.5 Å². The summed E-state index contributed by atoms with van der Waals surface area (Å²) in [5.74, 6) is -20.8. The third kappa shape index (κ3) is 7.18. The van der Waals surface area contributed by atoms with Gasteiger partial charge in [0, 0.05) is 11.8 Å². The Kier molecular flexibility index (Phi) is 10.1. The Balaban J connectivity index is 5.75. The van der Waals surface area contributed by atoms with Gasteiger partial charge in [0.05, 0.1) is 12.5 Å². The Hall–Kier alpha value is -1.16. The van der Waals surface area contributed by atoms with Gasteiger partial charge >= 0.3 is 29.9 Å². The van der Waals surface area contributed by atoms with Crippen LogP contribution in [0.15, 0.2) is 0 Å². The molecule has 0 aliphatic rings. The topological polar surface area (TPSA) is 26.3 Å². The van der Waals surface area contributed by atoms with E-state index in [4.69, 9.17) is 4.74 Å². The standard InChI is InChI=1S/C23H37F9O2/c1-9-17(4,5)12-15(19(8,10-2)11-3)16(33)34-14-18(6,7)13-20(24,25)21(26,27)22(28,29)23(30,31)32/h15H,9-14H2,1-8H3. The van der Waals surface area contributed by atoms with Crippen LogP contribution in [0, 0.1) is 22.2 Å². The first-order valence-corrected chi connectivity index (χ1v) is 11.2. The first kappa shape index (κ1) is 32.8. The van der Waals surface area contributed by atoms with Crippen molar-refractivity contribution >= 4 is 5.97 Å². The number of hydrogen-bond donors (Lipinski definition) is 0. The van der Waals surface area contributed by atoms with Gasteiger partial charge in [0.2, 0.25) is 0 Å². The fourth-order valence-corrected chi connectivity index (χ4v) is 3.59. The number of rotatable bonds is 13. The average Bonchev–Trinajstić information content (AvgIpc) is 2.67. The molecule has 0 aromatic heterocycles. The second-order valence-electron chi connectivity index (χ2n) is 10.9. The number of carbonyl (C=O) groups is 1. The number of ether oxygens (including phenoxy) is 1. The van der Waals surface area contributed by atoms with E-state index in [2.05, 4.69) is 0 Å². The summed E-state index contributed by atoms with van der Waals surface area (Å²) in [6, 6.07) is 0. The van der Waals surface area contributed by atoms with E-state index in [0.717, 1.165) is 20.3 Å². The number of halogens is 9. The molecule has 204 valence electrons. The summed E-state index contributed by atoms with van der Waals surface area (Å²) in [7, 11) is 0. The van der Waals surface area contributed by atoms with Gasteiger partial charge in [-0.1, -0.05) is 61.8 Å². The van der Waals surface area contributed by atoms with E-state index in [1.165, 1.54) is 0 Å². The van der Waals surface area contributed by atoms with E-state index in [-0.39, 0.29) is 5.41 Å². The van der Waals surface area contributed by atoms with Crippen molar-refractivity contribution in [2.24, 2.45) is 22.2 Å². The molecule has 0 amide bonds. The summed E-state index contributed by atoms with van der Waals surface area (Å²) >= 11 is 0. The fraction of sp³-hybridized carbons (Fsp3) is 0.957. The molecular weight excluding hydrogens is 479 g/mol. The molecule has 0 saturated heterocycles. The van der Waals surface area contributed by atoms with E-state index in [1.54, 1.807) is 0 Å². The van der Waals surface area contributed by atoms with Gasteiger partial charge in [0.1, 0.15) is 0 Å². The van der Waals surface area contributed by atoms with E-state index in [9.17, 15) is 44.3 Å². The maximum absolute atomic E-state index is 14.1. The molecule has 1 unspecified atom stereocenters. The molecule has 0 fully saturated rings. The monoisotopic (exact) mass is 516 g/mol. The van der Waals surface area contributed by atoms with E-state index in [0.29, 0.717) is 19.3 Å². The number of esters is 1. The van der Waals surface area contributed by atoms with Gasteiger partial charge < -0.3 is 4.74 Å². The number of alkyl halides is 9. The fourth-order valence-electron chi connectivity index (χ4n) is 3.59. The maximum atomic E-state index is 14.1. The molecule has 0 saturated carbocycles. The molecule has 0 heterocycles. The molecule has 0 rings (SSSR count). The maximum Gasteiger partial charge on any atom is 0.460 e. The zero-order valence-corrected chi connectivity index (χ0v) is 21.0. The van der Waals surface area contributed by atoms with Gasteiger partial charge in [0.25, 0.3) is 0 Å². The Morgan fingerprint density at radius 3 is 1.50 bits per heavy atom. The molecule has 0 aliphatic carbocycles. The molecule has 0 aromatic rings. The van der Waals surface area contributed by atoms with Crippen LogP contribution in [0.25, 0.3) is 0 Å². The largest absolute Gasteiger partial charge is 0.465 e. The molecule has 2 nitrogen and oxygen atoms in total. The van der Waals surface area contributed by atoms with Crippen molar-refractivity contribution in [3.05, 3.63) is 0 Å². The highest BCUT2D eigenvalue weighted by Crippen LogP contribution is 2.55. The van der Waals surface area contributed by atoms with Crippen LogP contribution < -0.4 is 0 Å². The molecule has 0 spiro atoms. The van der Waals surface area contributed by atoms with Crippen molar-refractivity contribution in [1.29, 1.82) is 0 Å². The van der Waals surface area contributed by atoms with Crippen molar-refractivity contribution in [1.82, 2.24) is 0 Å². The van der Waals surface area contributed by atoms with E-state index < -0.39 is 59.7 Å². The van der Waals surface area contributed by atoms with Crippen molar-refractivity contribution < 1.29 is 49.0 Å². The summed E-state index contributed by atoms with van der Waals surface area (Å²) in [6.07, 6.45) is -6.64. The molecule has 0 aliphatic heterocycles. The lowest BCUT2D eigenvalue weighted by Gasteiger charge is -2.40. The predicted octanol–water partition coefficient (Wildman–Crippen LogP) is 8.68. The Bertz CT molecular complexity index is 678. The van der Waals surface area contributed by atoms with Crippen LogP contribution >= 0.6 is 0 Å². The van der Waals surface area contributed by atoms with Crippen LogP contribution in [0.2, 0.25) is 0 Å². The average molecular weight is 517 g/mol. The zero-order valence-electron chi connectivity index (χ0n) is 21.0. The molecule has 0 aromatic carbocycles. The van der Waals surface area contributed by atoms with Crippen molar-refractivity contribution in [3.63, 3.8) is 0 Å². The smallest absolute Gasteiger partial charge is 0.460 e. The Morgan fingerprint density at radius 2 is 1.15 bits per heavy atom. The van der Waals surface area contributed by atoms with Gasteiger partial charge in [0.15, 0.2) is 0 Å². The molecule has 0 radical (unpaired) electrons. The molecule has 0 N–H and O–H groups in total. The predicted molar refractivity (Wildman–Crippen MR) is 111 cm³/mol. The number of carbonyl (C=O) groups excluding carboxylic acids is 1. The lowest BCUT2D eigenvalue weighted by Crippen LogP contribution is -2.61. The minimum absolute atomic E-state index is 0.275. The van der Waals surface area contributed by atoms with E-state index in [1.807, 2.05) is 41.5 Å². The quantitative estimate of drug-likeness (QED) is 0.181. The highest BCUT2D eigenvalue weighted by atomic mass is 19.4. The summed E-state index contributed by atoms with van der Waals surface area (Å²) < 4.78 is 124. The first-order valence-electron chi connectivity index (χ1n) is 11.2. The van der Waals surface area contributed by atoms with Crippen molar-refractivity contribution in [2.75, 3.05) is 6.61 Å². The van der Waals surface area contributed by atoms with Crippen LogP contribution in [0.4, 0.5) is 39.5 Å². The minimum atomic E-state index is -6.95. The normalized spacial score (nSPS) is 15.9. The van der Waals surface area contributed by atoms with Gasteiger partial charge in [-0.05, 0) is 30.1 Å². The van der Waals surface area contributed by atoms with Crippen LogP contribution in [-0.2, 0) is 9.53 Å². The second kappa shape index (κ2) is 10.4. The third-order valence-corrected chi connectivity index (χ3v) is 6.97. The summed E-state index contributed by atoms with van der Waals surface area (Å²) in [6.45, 7) is 12.4. The minimum Gasteiger partial charge on any atom is -0.465 e. The summed E-state index contributed by atoms with van der Waals surface area (Å²) in [5.41, 5.74) is -2.81. The van der Waals surface area contributed by atoms with Crippen LogP contribution in [0.1, 0.15) is 87.5 Å². The van der Waals surface area contributed by atoms with Gasteiger partial charge in [-0.15, -0.1) is 0 Å². The highest BCUT2D eigenvalue weighted by Gasteiger charge is 2.81. The molecular formula is C23H37F9O2. The second-order valence-corrected chi connectivity index (χ2v) is 10.9. The highest BCUT2D eigenvalue weighted by molar-refractivity contribution is 5.73. The lowest BCUT2D eigenvalue weighted by atomic mass is 9.66. The van der Waals surface area contributed by atoms with Crippen molar-refractivity contribution in [2.45, 2.75) is 111 Å². The zero-order chi connectivity index (χ0) is 27.6. The van der Waals surface area contributed by atoms with Crippen LogP contribution in [0.5, 0.6) is 0 Å². The first-order chi connectivity index (χ1) is 14.9. The van der Waals surface area contributed by atoms with Crippen LogP contribution in [-0.4, -0.2) is 36.5 Å². The molecule has 0 bridgehead atoms. The van der Waals surface area contributed by atoms with E-state index >= 15 is 0 Å². The Morgan fingerprint density at radius 1 is 0.706 bits per heavy atom. The lowest BCUT2D eigenvalue weighted by molar-refractivity contribution is -0.399. The van der Waals surface area contributed by atoms with Crippen molar-refractivity contribution in [3.8, 4) is 0 Å². The molecule has 1 atom stereocenters. The summed E-state index contributed by atoms with van der Waals surface area (Å²) in [5, 5.41) is 0. The van der Waals surface area contributed by atoms with Crippen LogP contribution in [0.3, 0.4) is 0 Å². The number of hydrogen-bond acceptors (Lipinski definition) is 2. The SMILES string of the molecule is CCC(C)(C)CC(C(=O)OCC(C)(C)CC(F)(F)C(F)(F)C(F)(F)C(F)(F)F)C(C)(CC)CC. The Labute approximate surface area is 196 Å². The summed E-state index contributed by atoms with van der Waals surface area (Å²) in [4.78, 5) is 13.0. The molecule has 11 heteroatoms. The van der Waals surface area contributed by atoms with Gasteiger partial charge in [-0.25, -0.2) is 0 Å². The van der Waals surface area contributed by atoms with Gasteiger partial charge in [-0.3, -0.25) is 4.79 Å². The molecule has 34 heavy (non-hydrogen) atoms.